The van der Waals surface area contributed by atoms with Crippen molar-refractivity contribution in [2.24, 2.45) is 0 Å². The number of nitrogens with one attached hydrogen (secondary N) is 1. The third-order valence-electron chi connectivity index (χ3n) is 3.11. The lowest BCUT2D eigenvalue weighted by Crippen LogP contribution is -2.17. The molecule has 0 amide bonds. The van der Waals surface area contributed by atoms with Crippen molar-refractivity contribution in [2.75, 3.05) is 33.5 Å². The van der Waals surface area contributed by atoms with Gasteiger partial charge in [-0.15, -0.1) is 0 Å². The molecule has 21 heavy (non-hydrogen) atoms. The molecule has 0 saturated carbocycles. The predicted molar refractivity (Wildman–Crippen MR) is 82.6 cm³/mol. The van der Waals surface area contributed by atoms with E-state index in [4.69, 9.17) is 9.47 Å². The lowest BCUT2D eigenvalue weighted by molar-refractivity contribution is 0.0695. The minimum absolute atomic E-state index is 0.663. The van der Waals surface area contributed by atoms with Gasteiger partial charge in [0.05, 0.1) is 18.9 Å². The maximum absolute atomic E-state index is 5.41. The number of hydrogen-bond donors (Lipinski definition) is 1. The largest absolute Gasteiger partial charge is 0.382 e. The first-order valence-electron chi connectivity index (χ1n) is 7.26. The van der Waals surface area contributed by atoms with E-state index in [1.807, 2.05) is 16.9 Å². The molecule has 0 fully saturated rings. The van der Waals surface area contributed by atoms with Crippen LogP contribution >= 0.6 is 0 Å². The Bertz CT molecular complexity index is 483. The third-order valence-corrected chi connectivity index (χ3v) is 3.11. The summed E-state index contributed by atoms with van der Waals surface area (Å²) in [5, 5.41) is 7.62. The van der Waals surface area contributed by atoms with E-state index in [0.29, 0.717) is 13.2 Å². The van der Waals surface area contributed by atoms with E-state index in [1.165, 1.54) is 5.56 Å². The van der Waals surface area contributed by atoms with Crippen molar-refractivity contribution < 1.29 is 9.47 Å². The zero-order valence-corrected chi connectivity index (χ0v) is 12.5. The second-order valence-electron chi connectivity index (χ2n) is 4.75. The molecule has 0 aliphatic rings. The van der Waals surface area contributed by atoms with E-state index in [-0.39, 0.29) is 0 Å². The van der Waals surface area contributed by atoms with Gasteiger partial charge in [0.25, 0.3) is 0 Å². The van der Waals surface area contributed by atoms with E-state index >= 15 is 0 Å². The fourth-order valence-corrected chi connectivity index (χ4v) is 1.96. The maximum Gasteiger partial charge on any atom is 0.0700 e. The SMILES string of the molecule is COCCOCCCNCc1ccc(-n2cccn2)cc1. The number of aromatic nitrogens is 2. The highest BCUT2D eigenvalue weighted by atomic mass is 16.5. The first-order valence-corrected chi connectivity index (χ1v) is 7.26. The number of nitrogens with zero attached hydrogens (tertiary/aromatic N) is 2. The van der Waals surface area contributed by atoms with Crippen molar-refractivity contribution >= 4 is 0 Å². The summed E-state index contributed by atoms with van der Waals surface area (Å²) in [6, 6.07) is 10.3. The van der Waals surface area contributed by atoms with Crippen LogP contribution in [0.25, 0.3) is 5.69 Å². The van der Waals surface area contributed by atoms with Gasteiger partial charge < -0.3 is 14.8 Å². The van der Waals surface area contributed by atoms with Gasteiger partial charge in [-0.25, -0.2) is 4.68 Å². The molecule has 0 spiro atoms. The Hall–Kier alpha value is -1.69. The van der Waals surface area contributed by atoms with Gasteiger partial charge in [0, 0.05) is 32.7 Å². The molecule has 0 saturated heterocycles. The second-order valence-corrected chi connectivity index (χ2v) is 4.75. The average molecular weight is 289 g/mol. The summed E-state index contributed by atoms with van der Waals surface area (Å²) in [6.07, 6.45) is 4.73. The first-order chi connectivity index (χ1) is 10.4. The van der Waals surface area contributed by atoms with Crippen LogP contribution in [0.3, 0.4) is 0 Å². The van der Waals surface area contributed by atoms with Crippen molar-refractivity contribution in [1.82, 2.24) is 15.1 Å². The quantitative estimate of drug-likeness (QED) is 0.680. The van der Waals surface area contributed by atoms with Crippen molar-refractivity contribution in [3.8, 4) is 5.69 Å². The lowest BCUT2D eigenvalue weighted by Gasteiger charge is -2.07. The Labute approximate surface area is 125 Å². The van der Waals surface area contributed by atoms with Crippen molar-refractivity contribution in [2.45, 2.75) is 13.0 Å². The van der Waals surface area contributed by atoms with E-state index in [1.54, 1.807) is 13.3 Å². The number of methoxy groups -OCH3 is 1. The molecular weight excluding hydrogens is 266 g/mol. The lowest BCUT2D eigenvalue weighted by atomic mass is 10.2. The van der Waals surface area contributed by atoms with Crippen molar-refractivity contribution in [1.29, 1.82) is 0 Å². The van der Waals surface area contributed by atoms with Crippen LogP contribution in [0.4, 0.5) is 0 Å². The normalized spacial score (nSPS) is 10.9. The molecular formula is C16H23N3O2. The molecule has 5 nitrogen and oxygen atoms in total. The predicted octanol–water partition coefficient (Wildman–Crippen LogP) is 2.01. The molecule has 0 aliphatic heterocycles. The Balaban J connectivity index is 1.61. The Morgan fingerprint density at radius 3 is 2.71 bits per heavy atom. The van der Waals surface area contributed by atoms with Crippen LogP contribution in [-0.2, 0) is 16.0 Å². The molecule has 0 atom stereocenters. The topological polar surface area (TPSA) is 48.3 Å². The van der Waals surface area contributed by atoms with E-state index in [0.717, 1.165) is 31.8 Å². The summed E-state index contributed by atoms with van der Waals surface area (Å²) in [5.74, 6) is 0. The second kappa shape index (κ2) is 9.28. The Morgan fingerprint density at radius 2 is 2.00 bits per heavy atom. The van der Waals surface area contributed by atoms with Gasteiger partial charge in [-0.2, -0.15) is 5.10 Å². The van der Waals surface area contributed by atoms with Crippen LogP contribution in [0.1, 0.15) is 12.0 Å². The van der Waals surface area contributed by atoms with Gasteiger partial charge in [-0.1, -0.05) is 12.1 Å². The fraction of sp³-hybridized carbons (Fsp3) is 0.438. The number of rotatable bonds is 10. The highest BCUT2D eigenvalue weighted by Crippen LogP contribution is 2.08. The Morgan fingerprint density at radius 1 is 1.14 bits per heavy atom. The molecule has 2 rings (SSSR count). The third kappa shape index (κ3) is 5.67. The standard InChI is InChI=1S/C16H23N3O2/c1-20-12-13-21-11-3-8-17-14-15-4-6-16(7-5-15)19-10-2-9-18-19/h2,4-7,9-10,17H,3,8,11-14H2,1H3. The summed E-state index contributed by atoms with van der Waals surface area (Å²) in [5.41, 5.74) is 2.35. The zero-order chi connectivity index (χ0) is 14.8. The molecule has 5 heteroatoms. The highest BCUT2D eigenvalue weighted by Gasteiger charge is 1.97. The number of benzene rings is 1. The van der Waals surface area contributed by atoms with Gasteiger partial charge in [0.2, 0.25) is 0 Å². The molecule has 0 unspecified atom stereocenters. The van der Waals surface area contributed by atoms with Crippen LogP contribution in [0.2, 0.25) is 0 Å². The van der Waals surface area contributed by atoms with Crippen molar-refractivity contribution in [3.05, 3.63) is 48.3 Å². The molecule has 1 aromatic heterocycles. The van der Waals surface area contributed by atoms with Crippen molar-refractivity contribution in [3.63, 3.8) is 0 Å². The van der Waals surface area contributed by atoms with Crippen LogP contribution < -0.4 is 5.32 Å². The number of hydrogen-bond acceptors (Lipinski definition) is 4. The molecule has 1 N–H and O–H groups in total. The Kier molecular flexibility index (Phi) is 6.94. The molecule has 2 aromatic rings. The highest BCUT2D eigenvalue weighted by molar-refractivity contribution is 5.33. The molecule has 0 bridgehead atoms. The minimum Gasteiger partial charge on any atom is -0.382 e. The van der Waals surface area contributed by atoms with Crippen LogP contribution in [-0.4, -0.2) is 43.3 Å². The molecule has 0 radical (unpaired) electrons. The van der Waals surface area contributed by atoms with E-state index < -0.39 is 0 Å². The number of ether oxygens (including phenoxy) is 2. The van der Waals surface area contributed by atoms with Gasteiger partial charge in [0.15, 0.2) is 0 Å². The monoisotopic (exact) mass is 289 g/mol. The van der Waals surface area contributed by atoms with E-state index in [2.05, 4.69) is 34.7 Å². The summed E-state index contributed by atoms with van der Waals surface area (Å²) >= 11 is 0. The summed E-state index contributed by atoms with van der Waals surface area (Å²) in [7, 11) is 1.68. The van der Waals surface area contributed by atoms with Crippen LogP contribution in [0, 0.1) is 0 Å². The summed E-state index contributed by atoms with van der Waals surface area (Å²) < 4.78 is 12.2. The average Bonchev–Trinajstić information content (AvgIpc) is 3.05. The molecule has 0 aliphatic carbocycles. The van der Waals surface area contributed by atoms with Gasteiger partial charge in [-0.3, -0.25) is 0 Å². The molecule has 1 heterocycles. The smallest absolute Gasteiger partial charge is 0.0700 e. The van der Waals surface area contributed by atoms with Crippen LogP contribution in [0.5, 0.6) is 0 Å². The van der Waals surface area contributed by atoms with Gasteiger partial charge >= 0.3 is 0 Å². The summed E-state index contributed by atoms with van der Waals surface area (Å²) in [4.78, 5) is 0. The van der Waals surface area contributed by atoms with E-state index in [9.17, 15) is 0 Å². The molecule has 1 aromatic carbocycles. The van der Waals surface area contributed by atoms with Gasteiger partial charge in [0.1, 0.15) is 0 Å². The zero-order valence-electron chi connectivity index (χ0n) is 12.5. The minimum atomic E-state index is 0.663. The molecule has 114 valence electrons. The van der Waals surface area contributed by atoms with Gasteiger partial charge in [-0.05, 0) is 36.7 Å². The van der Waals surface area contributed by atoms with Crippen LogP contribution in [0.15, 0.2) is 42.7 Å². The first kappa shape index (κ1) is 15.7. The maximum atomic E-state index is 5.41. The fourth-order valence-electron chi connectivity index (χ4n) is 1.96. The summed E-state index contributed by atoms with van der Waals surface area (Å²) in [6.45, 7) is 3.93.